The van der Waals surface area contributed by atoms with E-state index in [9.17, 15) is 4.79 Å². The molecule has 0 aliphatic heterocycles. The molecule has 118 valence electrons. The van der Waals surface area contributed by atoms with Crippen LogP contribution in [0, 0.1) is 0 Å². The van der Waals surface area contributed by atoms with E-state index in [1.165, 1.54) is 0 Å². The third kappa shape index (κ3) is 5.01. The summed E-state index contributed by atoms with van der Waals surface area (Å²) in [6, 6.07) is 3.91. The minimum absolute atomic E-state index is 0.0273. The van der Waals surface area contributed by atoms with Gasteiger partial charge in [-0.2, -0.15) is 0 Å². The minimum Gasteiger partial charge on any atom is -0.385 e. The standard InChI is InChI=1S/C16H27N3O2/c1-5-14(6-2)19(10-11-21-4)16(20)15-12-13(17-7-3)8-9-18-15/h8-9,12,14H,5-7,10-11H2,1-4H3,(H,17,18). The van der Waals surface area contributed by atoms with Crippen molar-refractivity contribution in [3.63, 3.8) is 0 Å². The maximum absolute atomic E-state index is 12.7. The number of hydrogen-bond donors (Lipinski definition) is 1. The van der Waals surface area contributed by atoms with Crippen LogP contribution in [0.2, 0.25) is 0 Å². The van der Waals surface area contributed by atoms with Crippen LogP contribution in [0.5, 0.6) is 0 Å². The molecule has 1 rings (SSSR count). The summed E-state index contributed by atoms with van der Waals surface area (Å²) in [7, 11) is 1.65. The topological polar surface area (TPSA) is 54.5 Å². The summed E-state index contributed by atoms with van der Waals surface area (Å²) in [5.74, 6) is -0.0273. The third-order valence-corrected chi connectivity index (χ3v) is 3.54. The van der Waals surface area contributed by atoms with Crippen LogP contribution in [0.15, 0.2) is 18.3 Å². The largest absolute Gasteiger partial charge is 0.385 e. The summed E-state index contributed by atoms with van der Waals surface area (Å²) >= 11 is 0. The molecule has 1 aromatic heterocycles. The van der Waals surface area contributed by atoms with Crippen molar-refractivity contribution in [3.05, 3.63) is 24.0 Å². The van der Waals surface area contributed by atoms with Gasteiger partial charge >= 0.3 is 0 Å². The van der Waals surface area contributed by atoms with Crippen LogP contribution in [0.1, 0.15) is 44.1 Å². The van der Waals surface area contributed by atoms with E-state index in [4.69, 9.17) is 4.74 Å². The molecule has 0 bridgehead atoms. The van der Waals surface area contributed by atoms with Crippen molar-refractivity contribution in [2.45, 2.75) is 39.7 Å². The summed E-state index contributed by atoms with van der Waals surface area (Å²) in [5.41, 5.74) is 1.41. The van der Waals surface area contributed by atoms with Gasteiger partial charge in [-0.15, -0.1) is 0 Å². The molecule has 0 aliphatic rings. The van der Waals surface area contributed by atoms with Gasteiger partial charge in [0.2, 0.25) is 0 Å². The van der Waals surface area contributed by atoms with E-state index >= 15 is 0 Å². The third-order valence-electron chi connectivity index (χ3n) is 3.54. The lowest BCUT2D eigenvalue weighted by molar-refractivity contribution is 0.0584. The van der Waals surface area contributed by atoms with Crippen molar-refractivity contribution in [3.8, 4) is 0 Å². The number of aromatic nitrogens is 1. The Labute approximate surface area is 127 Å². The number of rotatable bonds is 9. The van der Waals surface area contributed by atoms with Crippen molar-refractivity contribution in [1.82, 2.24) is 9.88 Å². The van der Waals surface area contributed by atoms with Gasteiger partial charge in [0.05, 0.1) is 6.61 Å². The molecule has 1 aromatic rings. The normalized spacial score (nSPS) is 10.7. The average molecular weight is 293 g/mol. The zero-order valence-corrected chi connectivity index (χ0v) is 13.6. The number of ether oxygens (including phenoxy) is 1. The second-order valence-corrected chi connectivity index (χ2v) is 4.92. The molecule has 21 heavy (non-hydrogen) atoms. The highest BCUT2D eigenvalue weighted by Crippen LogP contribution is 2.15. The van der Waals surface area contributed by atoms with Crippen molar-refractivity contribution in [1.29, 1.82) is 0 Å². The van der Waals surface area contributed by atoms with E-state index in [0.29, 0.717) is 18.8 Å². The number of methoxy groups -OCH3 is 1. The first-order valence-electron chi connectivity index (χ1n) is 7.67. The molecule has 5 nitrogen and oxygen atoms in total. The van der Waals surface area contributed by atoms with E-state index in [0.717, 1.165) is 25.1 Å². The van der Waals surface area contributed by atoms with E-state index in [1.54, 1.807) is 13.3 Å². The smallest absolute Gasteiger partial charge is 0.272 e. The summed E-state index contributed by atoms with van der Waals surface area (Å²) in [6.45, 7) is 8.17. The molecule has 1 heterocycles. The zero-order chi connectivity index (χ0) is 15.7. The van der Waals surface area contributed by atoms with E-state index in [2.05, 4.69) is 24.1 Å². The maximum atomic E-state index is 12.7. The zero-order valence-electron chi connectivity index (χ0n) is 13.6. The van der Waals surface area contributed by atoms with Crippen molar-refractivity contribution in [2.24, 2.45) is 0 Å². The van der Waals surface area contributed by atoms with Gasteiger partial charge in [0, 0.05) is 38.1 Å². The Balaban J connectivity index is 2.95. The van der Waals surface area contributed by atoms with Gasteiger partial charge in [-0.25, -0.2) is 0 Å². The Bertz CT molecular complexity index is 433. The van der Waals surface area contributed by atoms with Crippen LogP contribution in [-0.4, -0.2) is 48.6 Å². The summed E-state index contributed by atoms with van der Waals surface area (Å²) < 4.78 is 5.13. The van der Waals surface area contributed by atoms with Crippen LogP contribution in [0.4, 0.5) is 5.69 Å². The lowest BCUT2D eigenvalue weighted by Crippen LogP contribution is -2.42. The van der Waals surface area contributed by atoms with Crippen molar-refractivity contribution in [2.75, 3.05) is 32.1 Å². The highest BCUT2D eigenvalue weighted by Gasteiger charge is 2.23. The molecule has 0 spiro atoms. The average Bonchev–Trinajstić information content (AvgIpc) is 2.51. The molecule has 0 unspecified atom stereocenters. The molecule has 0 saturated heterocycles. The fourth-order valence-electron chi connectivity index (χ4n) is 2.38. The predicted molar refractivity (Wildman–Crippen MR) is 85.7 cm³/mol. The van der Waals surface area contributed by atoms with Gasteiger partial charge in [-0.3, -0.25) is 9.78 Å². The van der Waals surface area contributed by atoms with E-state index < -0.39 is 0 Å². The number of amides is 1. The fourth-order valence-corrected chi connectivity index (χ4v) is 2.38. The Morgan fingerprint density at radius 3 is 2.67 bits per heavy atom. The predicted octanol–water partition coefficient (Wildman–Crippen LogP) is 2.79. The number of nitrogens with one attached hydrogen (secondary N) is 1. The number of pyridine rings is 1. The van der Waals surface area contributed by atoms with E-state index in [1.807, 2.05) is 24.0 Å². The summed E-state index contributed by atoms with van der Waals surface area (Å²) in [5, 5.41) is 3.21. The molecule has 0 atom stereocenters. The van der Waals surface area contributed by atoms with Crippen LogP contribution >= 0.6 is 0 Å². The van der Waals surface area contributed by atoms with Gasteiger partial charge in [0.25, 0.3) is 5.91 Å². The number of carbonyl (C=O) groups excluding carboxylic acids is 1. The molecule has 0 aliphatic carbocycles. The van der Waals surface area contributed by atoms with Crippen molar-refractivity contribution >= 4 is 11.6 Å². The first-order valence-corrected chi connectivity index (χ1v) is 7.67. The van der Waals surface area contributed by atoms with Crippen LogP contribution in [0.3, 0.4) is 0 Å². The summed E-state index contributed by atoms with van der Waals surface area (Å²) in [4.78, 5) is 18.9. The SMILES string of the molecule is CCNc1ccnc(C(=O)N(CCOC)C(CC)CC)c1. The second kappa shape index (κ2) is 9.34. The van der Waals surface area contributed by atoms with Gasteiger partial charge in [-0.1, -0.05) is 13.8 Å². The lowest BCUT2D eigenvalue weighted by atomic mass is 10.1. The van der Waals surface area contributed by atoms with Gasteiger partial charge < -0.3 is 15.0 Å². The number of nitrogens with zero attached hydrogens (tertiary/aromatic N) is 2. The molecule has 0 radical (unpaired) electrons. The number of carbonyl (C=O) groups is 1. The molecular formula is C16H27N3O2. The quantitative estimate of drug-likeness (QED) is 0.760. The fraction of sp³-hybridized carbons (Fsp3) is 0.625. The maximum Gasteiger partial charge on any atom is 0.272 e. The molecule has 0 aromatic carbocycles. The van der Waals surface area contributed by atoms with Crippen LogP contribution in [0.25, 0.3) is 0 Å². The lowest BCUT2D eigenvalue weighted by Gasteiger charge is -2.30. The molecule has 0 fully saturated rings. The first-order chi connectivity index (χ1) is 10.2. The minimum atomic E-state index is -0.0273. The number of anilines is 1. The second-order valence-electron chi connectivity index (χ2n) is 4.92. The first kappa shape index (κ1) is 17.4. The van der Waals surface area contributed by atoms with Gasteiger partial charge in [-0.05, 0) is 31.9 Å². The Morgan fingerprint density at radius 1 is 1.38 bits per heavy atom. The van der Waals surface area contributed by atoms with Gasteiger partial charge in [0.15, 0.2) is 0 Å². The molecule has 1 amide bonds. The van der Waals surface area contributed by atoms with E-state index in [-0.39, 0.29) is 11.9 Å². The summed E-state index contributed by atoms with van der Waals surface area (Å²) in [6.07, 6.45) is 3.53. The highest BCUT2D eigenvalue weighted by atomic mass is 16.5. The Kier molecular flexibility index (Phi) is 7.75. The number of hydrogen-bond acceptors (Lipinski definition) is 4. The molecular weight excluding hydrogens is 266 g/mol. The van der Waals surface area contributed by atoms with Crippen molar-refractivity contribution < 1.29 is 9.53 Å². The van der Waals surface area contributed by atoms with Crippen LogP contribution < -0.4 is 5.32 Å². The highest BCUT2D eigenvalue weighted by molar-refractivity contribution is 5.93. The monoisotopic (exact) mass is 293 g/mol. The molecule has 5 heteroatoms. The Morgan fingerprint density at radius 2 is 2.10 bits per heavy atom. The Hall–Kier alpha value is -1.62. The molecule has 0 saturated carbocycles. The molecule has 1 N–H and O–H groups in total. The van der Waals surface area contributed by atoms with Crippen LogP contribution in [-0.2, 0) is 4.74 Å². The van der Waals surface area contributed by atoms with Gasteiger partial charge in [0.1, 0.15) is 5.69 Å².